The number of ketones is 1. The summed E-state index contributed by atoms with van der Waals surface area (Å²) in [6.45, 7) is 8.09. The van der Waals surface area contributed by atoms with E-state index in [0.717, 1.165) is 11.1 Å². The molecule has 1 atom stereocenters. The molecule has 0 spiro atoms. The summed E-state index contributed by atoms with van der Waals surface area (Å²) in [5.74, 6) is -0.468. The molecule has 11 heteroatoms. The molecule has 1 aromatic heterocycles. The van der Waals surface area contributed by atoms with Gasteiger partial charge in [0.1, 0.15) is 12.4 Å². The van der Waals surface area contributed by atoms with Gasteiger partial charge in [0, 0.05) is 16.3 Å². The number of hydrogen-bond acceptors (Lipinski definition) is 9. The lowest BCUT2D eigenvalue weighted by atomic mass is 9.95. The molecule has 4 aromatic rings. The van der Waals surface area contributed by atoms with Crippen LogP contribution in [0.4, 0.5) is 5.13 Å². The third-order valence-electron chi connectivity index (χ3n) is 6.62. The van der Waals surface area contributed by atoms with E-state index >= 15 is 0 Å². The van der Waals surface area contributed by atoms with E-state index in [4.69, 9.17) is 21.1 Å². The van der Waals surface area contributed by atoms with Crippen molar-refractivity contribution >= 4 is 57.3 Å². The van der Waals surface area contributed by atoms with E-state index in [1.807, 2.05) is 50.2 Å². The Morgan fingerprint density at radius 3 is 2.58 bits per heavy atom. The number of anilines is 1. The van der Waals surface area contributed by atoms with Crippen molar-refractivity contribution in [1.82, 2.24) is 10.2 Å². The fourth-order valence-electron chi connectivity index (χ4n) is 4.56. The number of benzene rings is 3. The number of nitrogens with zero attached hydrogens (tertiary/aromatic N) is 3. The average Bonchev–Trinajstić information content (AvgIpc) is 3.58. The summed E-state index contributed by atoms with van der Waals surface area (Å²) in [5.41, 5.74) is 2.81. The summed E-state index contributed by atoms with van der Waals surface area (Å²) in [4.78, 5) is 28.5. The Morgan fingerprint density at radius 2 is 1.86 bits per heavy atom. The SMILES string of the molecule is C=CCOc1ccc(C2C(=C(O)c3ccc(C)cc3)C(=O)C(=O)N2c2nnc(SCc3ccccc3Cl)s2)cc1OCC. The summed E-state index contributed by atoms with van der Waals surface area (Å²) >= 11 is 8.91. The van der Waals surface area contributed by atoms with E-state index in [-0.39, 0.29) is 23.1 Å². The van der Waals surface area contributed by atoms with Crippen molar-refractivity contribution < 1.29 is 24.2 Å². The van der Waals surface area contributed by atoms with Gasteiger partial charge < -0.3 is 14.6 Å². The van der Waals surface area contributed by atoms with E-state index in [1.165, 1.54) is 28.0 Å². The van der Waals surface area contributed by atoms with Crippen LogP contribution in [0.25, 0.3) is 5.76 Å². The van der Waals surface area contributed by atoms with Crippen molar-refractivity contribution in [2.45, 2.75) is 30.0 Å². The molecular formula is C32H28ClN3O5S2. The Bertz CT molecular complexity index is 1700. The fraction of sp³-hybridized carbons (Fsp3) is 0.188. The predicted molar refractivity (Wildman–Crippen MR) is 170 cm³/mol. The highest BCUT2D eigenvalue weighted by atomic mass is 35.5. The molecule has 220 valence electrons. The van der Waals surface area contributed by atoms with Crippen LogP contribution >= 0.6 is 34.7 Å². The molecule has 1 aliphatic heterocycles. The van der Waals surface area contributed by atoms with Crippen LogP contribution in [0.15, 0.2) is 89.3 Å². The number of aliphatic hydroxyl groups excluding tert-OH is 1. The van der Waals surface area contributed by atoms with Gasteiger partial charge >= 0.3 is 5.91 Å². The quantitative estimate of drug-likeness (QED) is 0.0456. The van der Waals surface area contributed by atoms with Crippen molar-refractivity contribution in [3.8, 4) is 11.5 Å². The lowest BCUT2D eigenvalue weighted by Crippen LogP contribution is -2.29. The molecule has 1 fully saturated rings. The molecule has 2 heterocycles. The minimum absolute atomic E-state index is 0.0588. The Balaban J connectivity index is 1.58. The largest absolute Gasteiger partial charge is 0.507 e. The third kappa shape index (κ3) is 6.46. The number of aliphatic hydroxyl groups is 1. The zero-order chi connectivity index (χ0) is 30.5. The van der Waals surface area contributed by atoms with Gasteiger partial charge in [-0.3, -0.25) is 14.5 Å². The number of hydrogen-bond donors (Lipinski definition) is 1. The van der Waals surface area contributed by atoms with E-state index in [2.05, 4.69) is 16.8 Å². The second-order valence-corrected chi connectivity index (χ2v) is 12.1. The van der Waals surface area contributed by atoms with Crippen LogP contribution in [0.3, 0.4) is 0 Å². The lowest BCUT2D eigenvalue weighted by molar-refractivity contribution is -0.132. The molecule has 1 saturated heterocycles. The van der Waals surface area contributed by atoms with Gasteiger partial charge in [-0.2, -0.15) is 0 Å². The number of halogens is 1. The first-order valence-corrected chi connectivity index (χ1v) is 15.6. The Labute approximate surface area is 262 Å². The molecule has 3 aromatic carbocycles. The van der Waals surface area contributed by atoms with Crippen LogP contribution in [-0.2, 0) is 15.3 Å². The number of carbonyl (C=O) groups is 2. The van der Waals surface area contributed by atoms with Gasteiger partial charge in [0.25, 0.3) is 5.78 Å². The molecule has 1 aliphatic rings. The average molecular weight is 634 g/mol. The number of aryl methyl sites for hydroxylation is 1. The predicted octanol–water partition coefficient (Wildman–Crippen LogP) is 7.38. The van der Waals surface area contributed by atoms with Crippen LogP contribution in [0.1, 0.15) is 35.2 Å². The lowest BCUT2D eigenvalue weighted by Gasteiger charge is -2.23. The van der Waals surface area contributed by atoms with Crippen molar-refractivity contribution in [2.75, 3.05) is 18.1 Å². The van der Waals surface area contributed by atoms with Crippen molar-refractivity contribution in [3.05, 3.63) is 112 Å². The highest BCUT2D eigenvalue weighted by Gasteiger charge is 2.48. The minimum Gasteiger partial charge on any atom is -0.507 e. The number of rotatable bonds is 11. The van der Waals surface area contributed by atoms with Gasteiger partial charge in [0.05, 0.1) is 18.2 Å². The summed E-state index contributed by atoms with van der Waals surface area (Å²) in [6.07, 6.45) is 1.62. The highest BCUT2D eigenvalue weighted by Crippen LogP contribution is 2.45. The summed E-state index contributed by atoms with van der Waals surface area (Å²) in [5, 5.41) is 20.9. The Hall–Kier alpha value is -4.12. The zero-order valence-corrected chi connectivity index (χ0v) is 25.8. The number of amides is 1. The molecule has 0 radical (unpaired) electrons. The van der Waals surface area contributed by atoms with Crippen molar-refractivity contribution in [1.29, 1.82) is 0 Å². The summed E-state index contributed by atoms with van der Waals surface area (Å²) < 4.78 is 12.2. The monoisotopic (exact) mass is 633 g/mol. The fourth-order valence-corrected chi connectivity index (χ4v) is 6.71. The third-order valence-corrected chi connectivity index (χ3v) is 9.09. The first kappa shape index (κ1) is 30.3. The number of ether oxygens (including phenoxy) is 2. The molecule has 0 bridgehead atoms. The summed E-state index contributed by atoms with van der Waals surface area (Å²) in [6, 6.07) is 18.8. The van der Waals surface area contributed by atoms with Gasteiger partial charge in [-0.15, -0.1) is 10.2 Å². The normalized spacial score (nSPS) is 16.0. The van der Waals surface area contributed by atoms with Gasteiger partial charge in [-0.05, 0) is 43.2 Å². The maximum Gasteiger partial charge on any atom is 0.301 e. The molecule has 1 N–H and O–H groups in total. The summed E-state index contributed by atoms with van der Waals surface area (Å²) in [7, 11) is 0. The van der Waals surface area contributed by atoms with E-state index in [0.29, 0.717) is 44.3 Å². The van der Waals surface area contributed by atoms with E-state index in [1.54, 1.807) is 36.4 Å². The van der Waals surface area contributed by atoms with Crippen LogP contribution in [-0.4, -0.2) is 40.2 Å². The van der Waals surface area contributed by atoms with Crippen molar-refractivity contribution in [3.63, 3.8) is 0 Å². The van der Waals surface area contributed by atoms with Crippen molar-refractivity contribution in [2.24, 2.45) is 0 Å². The van der Waals surface area contributed by atoms with Crippen LogP contribution in [0.5, 0.6) is 11.5 Å². The smallest absolute Gasteiger partial charge is 0.301 e. The van der Waals surface area contributed by atoms with Gasteiger partial charge in [0.15, 0.2) is 15.8 Å². The van der Waals surface area contributed by atoms with Crippen LogP contribution < -0.4 is 14.4 Å². The molecule has 5 rings (SSSR count). The second-order valence-electron chi connectivity index (χ2n) is 9.50. The number of carbonyl (C=O) groups excluding carboxylic acids is 2. The maximum atomic E-state index is 13.6. The minimum atomic E-state index is -0.997. The molecular weight excluding hydrogens is 606 g/mol. The van der Waals surface area contributed by atoms with Crippen LogP contribution in [0, 0.1) is 6.92 Å². The number of aromatic nitrogens is 2. The molecule has 8 nitrogen and oxygen atoms in total. The van der Waals surface area contributed by atoms with Gasteiger partial charge in [-0.25, -0.2) is 0 Å². The zero-order valence-electron chi connectivity index (χ0n) is 23.5. The molecule has 1 amide bonds. The maximum absolute atomic E-state index is 13.6. The van der Waals surface area contributed by atoms with E-state index < -0.39 is 17.7 Å². The first-order chi connectivity index (χ1) is 20.8. The molecule has 43 heavy (non-hydrogen) atoms. The molecule has 1 unspecified atom stereocenters. The number of Topliss-reactive ketones (excluding diaryl/α,β-unsaturated/α-hetero) is 1. The molecule has 0 saturated carbocycles. The Morgan fingerprint density at radius 1 is 1.09 bits per heavy atom. The topological polar surface area (TPSA) is 102 Å². The van der Waals surface area contributed by atoms with Gasteiger partial charge in [0.2, 0.25) is 5.13 Å². The highest BCUT2D eigenvalue weighted by molar-refractivity contribution is 8.00. The van der Waals surface area contributed by atoms with Crippen LogP contribution in [0.2, 0.25) is 5.02 Å². The van der Waals surface area contributed by atoms with E-state index in [9.17, 15) is 14.7 Å². The number of thioether (sulfide) groups is 1. The first-order valence-electron chi connectivity index (χ1n) is 13.4. The molecule has 0 aliphatic carbocycles. The standard InChI is InChI=1S/C32H28ClN3O5S2/c1-4-16-41-24-15-14-21(17-25(24)40-5-2)27-26(28(37)20-12-10-19(3)11-13-20)29(38)30(39)36(27)31-34-35-32(43-31)42-18-22-8-6-7-9-23(22)33/h4,6-15,17,27,37H,1,5,16,18H2,2-3H3. The Kier molecular flexibility index (Phi) is 9.49. The second kappa shape index (κ2) is 13.5. The van der Waals surface area contributed by atoms with Gasteiger partial charge in [-0.1, -0.05) is 101 Å².